The number of nitrogens with one attached hydrogen (secondary N) is 1. The van der Waals surface area contributed by atoms with Gasteiger partial charge in [0.05, 0.1) is 11.7 Å². The third-order valence-electron chi connectivity index (χ3n) is 4.83. The van der Waals surface area contributed by atoms with Crippen LogP contribution in [0.2, 0.25) is 5.02 Å². The second-order valence-electron chi connectivity index (χ2n) is 7.39. The van der Waals surface area contributed by atoms with Gasteiger partial charge in [-0.3, -0.25) is 0 Å². The first-order valence-electron chi connectivity index (χ1n) is 9.87. The molecule has 1 N–H and O–H groups in total. The van der Waals surface area contributed by atoms with Crippen LogP contribution < -0.4 is 10.1 Å². The molecule has 0 bridgehead atoms. The van der Waals surface area contributed by atoms with Crippen molar-refractivity contribution in [2.45, 2.75) is 39.5 Å². The van der Waals surface area contributed by atoms with Gasteiger partial charge in [-0.2, -0.15) is 4.68 Å². The number of para-hydroxylation sites is 1. The number of carbonyl (C=O) groups is 1. The van der Waals surface area contributed by atoms with Gasteiger partial charge in [0.15, 0.2) is 0 Å². The molecule has 0 radical (unpaired) electrons. The maximum Gasteiger partial charge on any atom is 0.338 e. The number of benzene rings is 2. The Morgan fingerprint density at radius 2 is 1.94 bits per heavy atom. The smallest absolute Gasteiger partial charge is 0.338 e. The van der Waals surface area contributed by atoms with Gasteiger partial charge in [-0.15, -0.1) is 0 Å². The number of aromatic nitrogens is 4. The predicted molar refractivity (Wildman–Crippen MR) is 116 cm³/mol. The average molecular weight is 440 g/mol. The van der Waals surface area contributed by atoms with E-state index in [2.05, 4.69) is 20.8 Å². The van der Waals surface area contributed by atoms with Crippen LogP contribution in [-0.2, 0) is 16.1 Å². The third kappa shape index (κ3) is 4.25. The summed E-state index contributed by atoms with van der Waals surface area (Å²) in [5.74, 6) is 0.593. The quantitative estimate of drug-likeness (QED) is 0.577. The summed E-state index contributed by atoms with van der Waals surface area (Å²) in [6.45, 7) is 5.69. The molecule has 0 saturated heterocycles. The number of allylic oxidation sites excluding steroid dienone is 1. The Labute approximate surface area is 184 Å². The van der Waals surface area contributed by atoms with Crippen LogP contribution >= 0.6 is 11.6 Å². The lowest BCUT2D eigenvalue weighted by Gasteiger charge is -2.29. The minimum atomic E-state index is -0.611. The molecule has 1 aliphatic rings. The van der Waals surface area contributed by atoms with E-state index in [0.29, 0.717) is 28.0 Å². The number of nitrogens with zero attached hydrogens (tertiary/aromatic N) is 4. The van der Waals surface area contributed by atoms with Crippen LogP contribution in [0.5, 0.6) is 5.75 Å². The summed E-state index contributed by atoms with van der Waals surface area (Å²) < 4.78 is 13.2. The lowest BCUT2D eigenvalue weighted by atomic mass is 9.95. The Bertz CT molecular complexity index is 1140. The number of halogens is 1. The summed E-state index contributed by atoms with van der Waals surface area (Å²) in [4.78, 5) is 13.0. The molecule has 0 fully saturated rings. The zero-order chi connectivity index (χ0) is 22.0. The van der Waals surface area contributed by atoms with Gasteiger partial charge in [0.1, 0.15) is 18.4 Å². The highest BCUT2D eigenvalue weighted by Crippen LogP contribution is 2.39. The Morgan fingerprint density at radius 3 is 2.71 bits per heavy atom. The molecule has 1 aliphatic heterocycles. The molecule has 9 heteroatoms. The summed E-state index contributed by atoms with van der Waals surface area (Å²) in [6.07, 6.45) is -0.268. The fraction of sp³-hybridized carbons (Fsp3) is 0.273. The average Bonchev–Trinajstić information content (AvgIpc) is 3.20. The van der Waals surface area contributed by atoms with Crippen molar-refractivity contribution in [3.05, 3.63) is 76.0 Å². The molecule has 1 aromatic heterocycles. The van der Waals surface area contributed by atoms with Crippen LogP contribution in [0.3, 0.4) is 0 Å². The Balaban J connectivity index is 1.75. The molecule has 0 aliphatic carbocycles. The molecule has 3 aromatic rings. The van der Waals surface area contributed by atoms with Gasteiger partial charge < -0.3 is 14.8 Å². The summed E-state index contributed by atoms with van der Waals surface area (Å²) in [5.41, 5.74) is 2.64. The maximum absolute atomic E-state index is 13.0. The number of tetrazole rings is 1. The molecule has 0 spiro atoms. The van der Waals surface area contributed by atoms with E-state index in [0.717, 1.165) is 11.1 Å². The number of esters is 1. The Morgan fingerprint density at radius 1 is 1.19 bits per heavy atom. The van der Waals surface area contributed by atoms with Gasteiger partial charge in [0.25, 0.3) is 0 Å². The maximum atomic E-state index is 13.0. The largest absolute Gasteiger partial charge is 0.488 e. The van der Waals surface area contributed by atoms with E-state index in [4.69, 9.17) is 21.1 Å². The van der Waals surface area contributed by atoms with Gasteiger partial charge in [-0.05, 0) is 43.3 Å². The zero-order valence-electron chi connectivity index (χ0n) is 17.4. The predicted octanol–water partition coefficient (Wildman–Crippen LogP) is 4.15. The summed E-state index contributed by atoms with van der Waals surface area (Å²) in [6, 6.07) is 14.4. The standard InChI is InChI=1S/C22H22ClN5O3/c1-13(2)31-21(29)19-14(3)24-22-25-26-27-28(22)20(19)16-9-5-7-11-18(16)30-12-15-8-4-6-10-17(15)23/h4-11,13,20H,12H2,1-3H3,(H,24,25,27). The molecule has 2 aromatic carbocycles. The summed E-state index contributed by atoms with van der Waals surface area (Å²) in [5, 5.41) is 15.6. The molecule has 0 amide bonds. The number of rotatable bonds is 6. The van der Waals surface area contributed by atoms with E-state index in [9.17, 15) is 4.79 Å². The van der Waals surface area contributed by atoms with Crippen LogP contribution in [0.15, 0.2) is 59.8 Å². The van der Waals surface area contributed by atoms with Gasteiger partial charge in [0.2, 0.25) is 5.95 Å². The van der Waals surface area contributed by atoms with Crippen molar-refractivity contribution in [3.8, 4) is 5.75 Å². The van der Waals surface area contributed by atoms with Crippen LogP contribution in [0.4, 0.5) is 5.95 Å². The monoisotopic (exact) mass is 439 g/mol. The van der Waals surface area contributed by atoms with Crippen molar-refractivity contribution in [3.63, 3.8) is 0 Å². The highest BCUT2D eigenvalue weighted by Gasteiger charge is 2.36. The number of hydrogen-bond acceptors (Lipinski definition) is 7. The Hall–Kier alpha value is -3.39. The Kier molecular flexibility index (Phi) is 5.90. The van der Waals surface area contributed by atoms with E-state index in [1.54, 1.807) is 11.6 Å². The molecular formula is C22H22ClN5O3. The first-order valence-corrected chi connectivity index (χ1v) is 10.2. The van der Waals surface area contributed by atoms with E-state index < -0.39 is 12.0 Å². The zero-order valence-corrected chi connectivity index (χ0v) is 18.1. The van der Waals surface area contributed by atoms with Gasteiger partial charge in [-0.25, -0.2) is 4.79 Å². The molecule has 31 heavy (non-hydrogen) atoms. The van der Waals surface area contributed by atoms with E-state index >= 15 is 0 Å². The molecule has 4 rings (SSSR count). The molecule has 0 saturated carbocycles. The SMILES string of the molecule is CC1=C(C(=O)OC(C)C)C(c2ccccc2OCc2ccccc2Cl)n2nnnc2N1. The first-order chi connectivity index (χ1) is 15.0. The van der Waals surface area contributed by atoms with E-state index in [1.165, 1.54) is 0 Å². The summed E-state index contributed by atoms with van der Waals surface area (Å²) >= 11 is 6.28. The van der Waals surface area contributed by atoms with Crippen molar-refractivity contribution in [2.75, 3.05) is 5.32 Å². The number of anilines is 1. The number of hydrogen-bond donors (Lipinski definition) is 1. The van der Waals surface area contributed by atoms with Crippen LogP contribution in [0, 0.1) is 0 Å². The minimum absolute atomic E-state index is 0.268. The normalized spacial score (nSPS) is 15.5. The third-order valence-corrected chi connectivity index (χ3v) is 5.20. The highest BCUT2D eigenvalue weighted by atomic mass is 35.5. The molecule has 8 nitrogen and oxygen atoms in total. The molecule has 1 atom stereocenters. The van der Waals surface area contributed by atoms with Crippen LogP contribution in [0.25, 0.3) is 0 Å². The molecule has 2 heterocycles. The number of ether oxygens (including phenoxy) is 2. The van der Waals surface area contributed by atoms with Gasteiger partial charge in [0, 0.05) is 21.8 Å². The number of carbonyl (C=O) groups excluding carboxylic acids is 1. The first kappa shape index (κ1) is 20.9. The van der Waals surface area contributed by atoms with Crippen molar-refractivity contribution in [2.24, 2.45) is 0 Å². The fourth-order valence-corrected chi connectivity index (χ4v) is 3.64. The second kappa shape index (κ2) is 8.77. The van der Waals surface area contributed by atoms with Crippen molar-refractivity contribution < 1.29 is 14.3 Å². The molecule has 160 valence electrons. The molecule has 1 unspecified atom stereocenters. The minimum Gasteiger partial charge on any atom is -0.488 e. The second-order valence-corrected chi connectivity index (χ2v) is 7.79. The van der Waals surface area contributed by atoms with Gasteiger partial charge in [-0.1, -0.05) is 53.1 Å². The van der Waals surface area contributed by atoms with Gasteiger partial charge >= 0.3 is 5.97 Å². The van der Waals surface area contributed by atoms with Crippen molar-refractivity contribution in [1.29, 1.82) is 0 Å². The van der Waals surface area contributed by atoms with Crippen LogP contribution in [-0.4, -0.2) is 32.3 Å². The van der Waals surface area contributed by atoms with E-state index in [-0.39, 0.29) is 12.7 Å². The van der Waals surface area contributed by atoms with Crippen molar-refractivity contribution in [1.82, 2.24) is 20.2 Å². The lowest BCUT2D eigenvalue weighted by molar-refractivity contribution is -0.143. The van der Waals surface area contributed by atoms with E-state index in [1.807, 2.05) is 62.4 Å². The fourth-order valence-electron chi connectivity index (χ4n) is 3.45. The lowest BCUT2D eigenvalue weighted by Crippen LogP contribution is -2.31. The van der Waals surface area contributed by atoms with Crippen molar-refractivity contribution >= 4 is 23.5 Å². The molecular weight excluding hydrogens is 418 g/mol. The summed E-state index contributed by atoms with van der Waals surface area (Å²) in [7, 11) is 0. The van der Waals surface area contributed by atoms with Crippen LogP contribution in [0.1, 0.15) is 37.9 Å². The number of fused-ring (bicyclic) bond motifs is 1. The topological polar surface area (TPSA) is 91.2 Å². The highest BCUT2D eigenvalue weighted by molar-refractivity contribution is 6.31.